The van der Waals surface area contributed by atoms with Gasteiger partial charge in [0.05, 0.1) is 0 Å². The zero-order valence-electron chi connectivity index (χ0n) is 13.2. The maximum absolute atomic E-state index is 13.3. The van der Waals surface area contributed by atoms with Crippen LogP contribution in [0, 0.1) is 5.82 Å². The van der Waals surface area contributed by atoms with Crippen LogP contribution in [0.5, 0.6) is 0 Å². The van der Waals surface area contributed by atoms with Crippen LogP contribution in [-0.2, 0) is 0 Å². The Kier molecular flexibility index (Phi) is 3.86. The van der Waals surface area contributed by atoms with Gasteiger partial charge in [-0.1, -0.05) is 0 Å². The van der Waals surface area contributed by atoms with Gasteiger partial charge >= 0.3 is 0 Å². The minimum Gasteiger partial charge on any atom is -0.328 e. The minimum atomic E-state index is -0.248. The zero-order chi connectivity index (χ0) is 16.5. The van der Waals surface area contributed by atoms with E-state index >= 15 is 0 Å². The molecule has 1 aliphatic carbocycles. The molecule has 2 aromatic heterocycles. The Morgan fingerprint density at radius 1 is 1.00 bits per heavy atom. The van der Waals surface area contributed by atoms with Crippen molar-refractivity contribution >= 4 is 0 Å². The molecule has 0 saturated heterocycles. The van der Waals surface area contributed by atoms with Crippen LogP contribution in [0.4, 0.5) is 4.39 Å². The van der Waals surface area contributed by atoms with Crippen LogP contribution in [0.15, 0.2) is 48.8 Å². The van der Waals surface area contributed by atoms with Gasteiger partial charge in [0, 0.05) is 41.2 Å². The first-order valence-electron chi connectivity index (χ1n) is 8.22. The van der Waals surface area contributed by atoms with Gasteiger partial charge in [-0.25, -0.2) is 4.39 Å². The van der Waals surface area contributed by atoms with Crippen molar-refractivity contribution in [3.05, 3.63) is 60.3 Å². The number of rotatable bonds is 3. The van der Waals surface area contributed by atoms with Crippen molar-refractivity contribution in [3.8, 4) is 22.4 Å². The molecule has 0 radical (unpaired) electrons. The molecular weight excluding hydrogens is 303 g/mol. The third-order valence-electron chi connectivity index (χ3n) is 4.76. The molecule has 1 aliphatic rings. The molecular formula is C19H19FN4. The number of aromatic nitrogens is 3. The molecule has 2 heterocycles. The highest BCUT2D eigenvalue weighted by Gasteiger charge is 2.29. The number of nitrogens with two attached hydrogens (primary N) is 1. The van der Waals surface area contributed by atoms with Crippen molar-refractivity contribution in [3.63, 3.8) is 0 Å². The van der Waals surface area contributed by atoms with Gasteiger partial charge in [-0.2, -0.15) is 5.10 Å². The minimum absolute atomic E-state index is 0.248. The fourth-order valence-electron chi connectivity index (χ4n) is 3.56. The Balaban J connectivity index is 1.85. The molecule has 1 saturated carbocycles. The molecule has 24 heavy (non-hydrogen) atoms. The van der Waals surface area contributed by atoms with Gasteiger partial charge in [0.2, 0.25) is 0 Å². The molecule has 0 aliphatic heterocycles. The lowest BCUT2D eigenvalue weighted by Crippen LogP contribution is -2.14. The molecule has 2 atom stereocenters. The van der Waals surface area contributed by atoms with Crippen LogP contribution in [0.1, 0.15) is 30.9 Å². The molecule has 4 rings (SSSR count). The number of hydrogen-bond donors (Lipinski definition) is 2. The summed E-state index contributed by atoms with van der Waals surface area (Å²) in [5.74, 6) is 0.131. The SMILES string of the molecule is NC1CCC(c2[nH]nc(-c3ccc(F)cc3)c2-c2ccncc2)C1. The summed E-state index contributed by atoms with van der Waals surface area (Å²) < 4.78 is 13.3. The molecule has 2 unspecified atom stereocenters. The number of nitrogens with zero attached hydrogens (tertiary/aromatic N) is 2. The van der Waals surface area contributed by atoms with E-state index in [2.05, 4.69) is 15.2 Å². The van der Waals surface area contributed by atoms with Crippen LogP contribution in [0.3, 0.4) is 0 Å². The number of benzene rings is 1. The lowest BCUT2D eigenvalue weighted by atomic mass is 9.92. The van der Waals surface area contributed by atoms with Crippen LogP contribution < -0.4 is 5.73 Å². The highest BCUT2D eigenvalue weighted by Crippen LogP contribution is 2.41. The quantitative estimate of drug-likeness (QED) is 0.769. The number of halogens is 1. The monoisotopic (exact) mass is 322 g/mol. The highest BCUT2D eigenvalue weighted by atomic mass is 19.1. The second kappa shape index (κ2) is 6.17. The Hall–Kier alpha value is -2.53. The molecule has 0 spiro atoms. The van der Waals surface area contributed by atoms with Gasteiger partial charge < -0.3 is 5.73 Å². The third kappa shape index (κ3) is 2.71. The van der Waals surface area contributed by atoms with Gasteiger partial charge in [0.1, 0.15) is 11.5 Å². The summed E-state index contributed by atoms with van der Waals surface area (Å²) >= 11 is 0. The molecule has 0 amide bonds. The van der Waals surface area contributed by atoms with E-state index in [-0.39, 0.29) is 11.9 Å². The van der Waals surface area contributed by atoms with Crippen molar-refractivity contribution < 1.29 is 4.39 Å². The molecule has 1 aromatic carbocycles. The lowest BCUT2D eigenvalue weighted by Gasteiger charge is -2.12. The molecule has 3 N–H and O–H groups in total. The molecule has 3 aromatic rings. The van der Waals surface area contributed by atoms with Gasteiger partial charge in [0.25, 0.3) is 0 Å². The number of aromatic amines is 1. The first-order chi connectivity index (χ1) is 11.7. The fraction of sp³-hybridized carbons (Fsp3) is 0.263. The number of nitrogens with one attached hydrogen (secondary N) is 1. The predicted octanol–water partition coefficient (Wildman–Crippen LogP) is 3.87. The molecule has 0 bridgehead atoms. The second-order valence-electron chi connectivity index (χ2n) is 6.37. The van der Waals surface area contributed by atoms with E-state index in [0.29, 0.717) is 5.92 Å². The summed E-state index contributed by atoms with van der Waals surface area (Å²) in [7, 11) is 0. The van der Waals surface area contributed by atoms with E-state index in [1.807, 2.05) is 12.1 Å². The zero-order valence-corrected chi connectivity index (χ0v) is 13.2. The van der Waals surface area contributed by atoms with Crippen molar-refractivity contribution in [2.45, 2.75) is 31.2 Å². The largest absolute Gasteiger partial charge is 0.328 e. The topological polar surface area (TPSA) is 67.6 Å². The van der Waals surface area contributed by atoms with E-state index in [1.165, 1.54) is 12.1 Å². The van der Waals surface area contributed by atoms with E-state index in [9.17, 15) is 4.39 Å². The summed E-state index contributed by atoms with van der Waals surface area (Å²) in [4.78, 5) is 4.11. The third-order valence-corrected chi connectivity index (χ3v) is 4.76. The van der Waals surface area contributed by atoms with E-state index in [0.717, 1.165) is 47.3 Å². The Labute approximate surface area is 139 Å². The molecule has 5 heteroatoms. The van der Waals surface area contributed by atoms with Crippen molar-refractivity contribution in [1.29, 1.82) is 0 Å². The lowest BCUT2D eigenvalue weighted by molar-refractivity contribution is 0.628. The Morgan fingerprint density at radius 2 is 1.75 bits per heavy atom. The molecule has 1 fully saturated rings. The summed E-state index contributed by atoms with van der Waals surface area (Å²) in [6.45, 7) is 0. The average molecular weight is 322 g/mol. The second-order valence-corrected chi connectivity index (χ2v) is 6.37. The first kappa shape index (κ1) is 15.0. The first-order valence-corrected chi connectivity index (χ1v) is 8.22. The van der Waals surface area contributed by atoms with Crippen LogP contribution in [0.2, 0.25) is 0 Å². The number of H-pyrrole nitrogens is 1. The van der Waals surface area contributed by atoms with Crippen LogP contribution in [0.25, 0.3) is 22.4 Å². The van der Waals surface area contributed by atoms with Gasteiger partial charge in [0.15, 0.2) is 0 Å². The number of pyridine rings is 1. The summed E-state index contributed by atoms with van der Waals surface area (Å²) in [5, 5.41) is 7.78. The van der Waals surface area contributed by atoms with Gasteiger partial charge in [-0.15, -0.1) is 0 Å². The summed E-state index contributed by atoms with van der Waals surface area (Å²) in [6.07, 6.45) is 6.61. The van der Waals surface area contributed by atoms with Gasteiger partial charge in [-0.05, 0) is 61.2 Å². The van der Waals surface area contributed by atoms with E-state index < -0.39 is 0 Å². The molecule has 4 nitrogen and oxygen atoms in total. The van der Waals surface area contributed by atoms with Crippen molar-refractivity contribution in [1.82, 2.24) is 15.2 Å². The maximum Gasteiger partial charge on any atom is 0.123 e. The summed E-state index contributed by atoms with van der Waals surface area (Å²) in [6, 6.07) is 10.7. The fourth-order valence-corrected chi connectivity index (χ4v) is 3.56. The molecule has 122 valence electrons. The smallest absolute Gasteiger partial charge is 0.123 e. The average Bonchev–Trinajstić information content (AvgIpc) is 3.22. The number of hydrogen-bond acceptors (Lipinski definition) is 3. The van der Waals surface area contributed by atoms with Crippen molar-refractivity contribution in [2.75, 3.05) is 0 Å². The van der Waals surface area contributed by atoms with Gasteiger partial charge in [-0.3, -0.25) is 10.1 Å². The van der Waals surface area contributed by atoms with Crippen molar-refractivity contribution in [2.24, 2.45) is 5.73 Å². The Morgan fingerprint density at radius 3 is 2.42 bits per heavy atom. The van der Waals surface area contributed by atoms with Crippen LogP contribution >= 0.6 is 0 Å². The standard InChI is InChI=1S/C19H19FN4/c20-15-4-1-13(2-5-15)18-17(12-7-9-22-10-8-12)19(24-23-18)14-3-6-16(21)11-14/h1-2,4-5,7-10,14,16H,3,6,11,21H2,(H,23,24). The van der Waals surface area contributed by atoms with Crippen LogP contribution in [-0.4, -0.2) is 21.2 Å². The van der Waals surface area contributed by atoms with E-state index in [4.69, 9.17) is 5.73 Å². The normalized spacial score (nSPS) is 20.4. The maximum atomic E-state index is 13.3. The predicted molar refractivity (Wildman–Crippen MR) is 91.8 cm³/mol. The van der Waals surface area contributed by atoms with E-state index in [1.54, 1.807) is 24.5 Å². The summed E-state index contributed by atoms with van der Waals surface area (Å²) in [5.41, 5.74) is 11.1. The Bertz CT molecular complexity index is 826. The highest BCUT2D eigenvalue weighted by molar-refractivity contribution is 5.82.